The minimum Gasteiger partial charge on any atom is -0.315 e. The van der Waals surface area contributed by atoms with E-state index in [1.165, 1.54) is 11.4 Å². The van der Waals surface area contributed by atoms with Gasteiger partial charge in [0.15, 0.2) is 0 Å². The Morgan fingerprint density at radius 3 is 1.84 bits per heavy atom. The molecule has 2 nitrogen and oxygen atoms in total. The van der Waals surface area contributed by atoms with Crippen LogP contribution in [0.4, 0.5) is 22.7 Å². The lowest BCUT2D eigenvalue weighted by Gasteiger charge is -2.30. The maximum atomic E-state index is 4.28. The summed E-state index contributed by atoms with van der Waals surface area (Å²) in [5, 5.41) is 0. The third-order valence-electron chi connectivity index (χ3n) is 7.32. The molecular weight excluding hydrogens is 532 g/mol. The molecule has 0 spiro atoms. The molecular formula is C42H40N2. The van der Waals surface area contributed by atoms with Gasteiger partial charge in [0.05, 0.1) is 0 Å². The molecule has 0 amide bonds. The normalized spacial score (nSPS) is 13.5. The zero-order valence-corrected chi connectivity index (χ0v) is 25.5. The first kappa shape index (κ1) is 30.1. The highest BCUT2D eigenvalue weighted by Crippen LogP contribution is 2.34. The number of anilines is 4. The van der Waals surface area contributed by atoms with E-state index in [1.54, 1.807) is 0 Å². The molecule has 4 aromatic carbocycles. The average Bonchev–Trinajstić information content (AvgIpc) is 3.08. The number of para-hydroxylation sites is 3. The van der Waals surface area contributed by atoms with E-state index in [0.29, 0.717) is 0 Å². The molecule has 0 aromatic heterocycles. The van der Waals surface area contributed by atoms with Crippen molar-refractivity contribution in [1.82, 2.24) is 0 Å². The zero-order valence-electron chi connectivity index (χ0n) is 25.5. The van der Waals surface area contributed by atoms with Gasteiger partial charge >= 0.3 is 0 Å². The van der Waals surface area contributed by atoms with Gasteiger partial charge in [-0.2, -0.15) is 0 Å². The highest BCUT2D eigenvalue weighted by molar-refractivity contribution is 5.77. The molecule has 2 heteroatoms. The molecule has 1 aliphatic rings. The van der Waals surface area contributed by atoms with Crippen molar-refractivity contribution in [2.75, 3.05) is 9.80 Å². The lowest BCUT2D eigenvalue weighted by molar-refractivity contribution is 0.898. The molecule has 0 bridgehead atoms. The molecule has 0 saturated carbocycles. The molecule has 4 aromatic rings. The van der Waals surface area contributed by atoms with E-state index in [1.807, 2.05) is 24.3 Å². The number of hydrogen-bond donors (Lipinski definition) is 0. The zero-order chi connectivity index (χ0) is 30.4. The molecule has 0 atom stereocenters. The number of rotatable bonds is 12. The van der Waals surface area contributed by atoms with Crippen molar-refractivity contribution in [2.45, 2.75) is 26.2 Å². The Hall–Kier alpha value is -5.34. The van der Waals surface area contributed by atoms with Crippen LogP contribution in [-0.4, -0.2) is 0 Å². The van der Waals surface area contributed by atoms with Crippen LogP contribution in [0.15, 0.2) is 193 Å². The van der Waals surface area contributed by atoms with Gasteiger partial charge in [0.2, 0.25) is 0 Å². The molecule has 218 valence electrons. The monoisotopic (exact) mass is 572 g/mol. The highest BCUT2D eigenvalue weighted by atomic mass is 15.2. The molecule has 0 heterocycles. The Labute approximate surface area is 263 Å². The third kappa shape index (κ3) is 8.14. The summed E-state index contributed by atoms with van der Waals surface area (Å²) in [5.74, 6) is 0. The maximum absolute atomic E-state index is 4.28. The van der Waals surface area contributed by atoms with E-state index >= 15 is 0 Å². The predicted octanol–water partition coefficient (Wildman–Crippen LogP) is 11.9. The van der Waals surface area contributed by atoms with Crippen LogP contribution in [0.5, 0.6) is 0 Å². The quantitative estimate of drug-likeness (QED) is 0.156. The van der Waals surface area contributed by atoms with Crippen LogP contribution in [0.25, 0.3) is 6.08 Å². The second-order valence-electron chi connectivity index (χ2n) is 10.6. The Morgan fingerprint density at radius 2 is 1.27 bits per heavy atom. The molecule has 44 heavy (non-hydrogen) atoms. The second-order valence-corrected chi connectivity index (χ2v) is 10.6. The van der Waals surface area contributed by atoms with Gasteiger partial charge in [-0.3, -0.25) is 0 Å². The molecule has 0 N–H and O–H groups in total. The number of benzene rings is 4. The Kier molecular flexibility index (Phi) is 10.8. The minimum atomic E-state index is 0.943. The predicted molar refractivity (Wildman–Crippen MR) is 191 cm³/mol. The van der Waals surface area contributed by atoms with Crippen LogP contribution >= 0.6 is 0 Å². The van der Waals surface area contributed by atoms with Gasteiger partial charge in [-0.15, -0.1) is 0 Å². The van der Waals surface area contributed by atoms with Gasteiger partial charge < -0.3 is 9.80 Å². The average molecular weight is 573 g/mol. The van der Waals surface area contributed by atoms with E-state index in [9.17, 15) is 0 Å². The van der Waals surface area contributed by atoms with Crippen molar-refractivity contribution >= 4 is 28.8 Å². The summed E-state index contributed by atoms with van der Waals surface area (Å²) in [6.07, 6.45) is 24.5. The molecule has 5 rings (SSSR count). The lowest BCUT2D eigenvalue weighted by Crippen LogP contribution is -2.21. The van der Waals surface area contributed by atoms with Crippen LogP contribution < -0.4 is 9.80 Å². The highest BCUT2D eigenvalue weighted by Gasteiger charge is 2.15. The van der Waals surface area contributed by atoms with Gasteiger partial charge in [-0.05, 0) is 91.1 Å². The Bertz CT molecular complexity index is 1630. The third-order valence-corrected chi connectivity index (χ3v) is 7.32. The first-order valence-electron chi connectivity index (χ1n) is 15.4. The van der Waals surface area contributed by atoms with Gasteiger partial charge in [0.25, 0.3) is 0 Å². The minimum absolute atomic E-state index is 0.943. The van der Waals surface area contributed by atoms with Crippen LogP contribution in [0.2, 0.25) is 0 Å². The van der Waals surface area contributed by atoms with E-state index in [2.05, 4.69) is 175 Å². The summed E-state index contributed by atoms with van der Waals surface area (Å²) < 4.78 is 0. The molecule has 0 fully saturated rings. The van der Waals surface area contributed by atoms with E-state index in [-0.39, 0.29) is 0 Å². The smallest absolute Gasteiger partial charge is 0.0462 e. The van der Waals surface area contributed by atoms with Crippen molar-refractivity contribution < 1.29 is 0 Å². The molecule has 0 radical (unpaired) electrons. The lowest BCUT2D eigenvalue weighted by atomic mass is 10.1. The Morgan fingerprint density at radius 1 is 0.682 bits per heavy atom. The first-order valence-corrected chi connectivity index (χ1v) is 15.4. The van der Waals surface area contributed by atoms with Gasteiger partial charge in [0, 0.05) is 34.1 Å². The second kappa shape index (κ2) is 15.8. The van der Waals surface area contributed by atoms with Crippen molar-refractivity contribution in [3.8, 4) is 0 Å². The van der Waals surface area contributed by atoms with E-state index < -0.39 is 0 Å². The topological polar surface area (TPSA) is 6.48 Å². The molecule has 0 aliphatic heterocycles. The van der Waals surface area contributed by atoms with Crippen LogP contribution in [0, 0.1) is 0 Å². The van der Waals surface area contributed by atoms with Crippen molar-refractivity contribution in [2.24, 2.45) is 0 Å². The number of hydrogen-bond acceptors (Lipinski definition) is 2. The van der Waals surface area contributed by atoms with Crippen molar-refractivity contribution in [1.29, 1.82) is 0 Å². The van der Waals surface area contributed by atoms with Gasteiger partial charge in [-0.25, -0.2) is 0 Å². The summed E-state index contributed by atoms with van der Waals surface area (Å²) in [7, 11) is 0. The first-order chi connectivity index (χ1) is 21.7. The fraction of sp³-hybridized carbons (Fsp3) is 0.0952. The molecule has 1 aliphatic carbocycles. The summed E-state index contributed by atoms with van der Waals surface area (Å²) in [4.78, 5) is 4.63. The summed E-state index contributed by atoms with van der Waals surface area (Å²) in [6, 6.07) is 40.2. The van der Waals surface area contributed by atoms with Gasteiger partial charge in [-0.1, -0.05) is 129 Å². The number of nitrogens with zero attached hydrogens (tertiary/aromatic N) is 2. The van der Waals surface area contributed by atoms with Crippen molar-refractivity contribution in [3.63, 3.8) is 0 Å². The van der Waals surface area contributed by atoms with Crippen molar-refractivity contribution in [3.05, 3.63) is 199 Å². The Balaban J connectivity index is 1.26. The maximum Gasteiger partial charge on any atom is 0.0462 e. The standard InChI is InChI=1S/C42H40N2/c1-3-18-37(43(38-21-8-4-9-22-38)39-23-10-5-11-24-39)32-29-35(2)19-16-17-20-36-30-33-42(34-31-36)44(40-25-12-6-13-26-40)41-27-14-7-15-28-41/h4-10,12-23,25-34H,2-3,11,24H2,1H3/b19-16?,20-17?,32-29-,37-18+. The van der Waals surface area contributed by atoms with E-state index in [4.69, 9.17) is 0 Å². The summed E-state index contributed by atoms with van der Waals surface area (Å²) >= 11 is 0. The summed E-state index contributed by atoms with van der Waals surface area (Å²) in [6.45, 7) is 6.46. The SMILES string of the molecule is C=C(C=CC=Cc1ccc(N(c2ccccc2)c2ccccc2)cc1)/C=C\C(=C/CC)N(C1=CC=CCC1)c1ccccc1. The fourth-order valence-electron chi connectivity index (χ4n) is 5.21. The van der Waals surface area contributed by atoms with Crippen LogP contribution in [-0.2, 0) is 0 Å². The number of allylic oxidation sites excluding steroid dienone is 11. The molecule has 0 saturated heterocycles. The summed E-state index contributed by atoms with van der Waals surface area (Å²) in [5.41, 5.74) is 9.10. The van der Waals surface area contributed by atoms with Gasteiger partial charge in [0.1, 0.15) is 0 Å². The van der Waals surface area contributed by atoms with Crippen LogP contribution in [0.3, 0.4) is 0 Å². The largest absolute Gasteiger partial charge is 0.315 e. The molecule has 0 unspecified atom stereocenters. The fourth-order valence-corrected chi connectivity index (χ4v) is 5.21. The van der Waals surface area contributed by atoms with E-state index in [0.717, 1.165) is 53.2 Å². The van der Waals surface area contributed by atoms with Crippen LogP contribution in [0.1, 0.15) is 31.7 Å².